The average Bonchev–Trinajstić information content (AvgIpc) is 2.68. The van der Waals surface area contributed by atoms with Gasteiger partial charge in [-0.15, -0.1) is 0 Å². The normalized spacial score (nSPS) is 11.0. The van der Waals surface area contributed by atoms with Gasteiger partial charge < -0.3 is 10.1 Å². The van der Waals surface area contributed by atoms with E-state index in [9.17, 15) is 17.6 Å². The van der Waals surface area contributed by atoms with Crippen molar-refractivity contribution in [3.05, 3.63) is 82.6 Å². The van der Waals surface area contributed by atoms with E-state index in [4.69, 9.17) is 4.74 Å². The second-order valence-corrected chi connectivity index (χ2v) is 8.54. The number of carbonyl (C=O) groups excluding carboxylic acids is 1. The van der Waals surface area contributed by atoms with Crippen LogP contribution in [-0.2, 0) is 10.0 Å². The summed E-state index contributed by atoms with van der Waals surface area (Å²) in [4.78, 5) is 12.3. The third-order valence-corrected chi connectivity index (χ3v) is 5.79. The number of rotatable bonds is 6. The molecule has 9 heteroatoms. The fourth-order valence-electron chi connectivity index (χ4n) is 2.52. The maximum atomic E-state index is 13.1. The Morgan fingerprint density at radius 2 is 1.76 bits per heavy atom. The van der Waals surface area contributed by atoms with Crippen LogP contribution >= 0.6 is 15.9 Å². The highest BCUT2D eigenvalue weighted by atomic mass is 79.9. The van der Waals surface area contributed by atoms with Crippen molar-refractivity contribution >= 4 is 43.2 Å². The van der Waals surface area contributed by atoms with Crippen LogP contribution < -0.4 is 14.8 Å². The van der Waals surface area contributed by atoms with Gasteiger partial charge in [0.1, 0.15) is 11.6 Å². The first-order valence-corrected chi connectivity index (χ1v) is 10.6. The zero-order chi connectivity index (χ0) is 21.0. The summed E-state index contributed by atoms with van der Waals surface area (Å²) in [7, 11) is -2.59. The summed E-state index contributed by atoms with van der Waals surface area (Å²) < 4.78 is 46.6. The second-order valence-electron chi connectivity index (χ2n) is 5.94. The van der Waals surface area contributed by atoms with Crippen molar-refractivity contribution in [3.8, 4) is 5.75 Å². The quantitative estimate of drug-likeness (QED) is 0.539. The number of benzene rings is 3. The molecule has 0 atom stereocenters. The van der Waals surface area contributed by atoms with Gasteiger partial charge in [-0.25, -0.2) is 12.8 Å². The third kappa shape index (κ3) is 5.12. The Hall–Kier alpha value is -2.91. The van der Waals surface area contributed by atoms with E-state index in [1.54, 1.807) is 30.3 Å². The summed E-state index contributed by atoms with van der Waals surface area (Å²) in [5.74, 6) is -0.640. The summed E-state index contributed by atoms with van der Waals surface area (Å²) in [5.41, 5.74) is 0.931. The monoisotopic (exact) mass is 478 g/mol. The molecule has 0 spiro atoms. The summed E-state index contributed by atoms with van der Waals surface area (Å²) in [6, 6.07) is 15.8. The Bertz CT molecular complexity index is 1150. The Morgan fingerprint density at radius 1 is 1.03 bits per heavy atom. The molecule has 29 heavy (non-hydrogen) atoms. The number of ether oxygens (including phenoxy) is 1. The van der Waals surface area contributed by atoms with Crippen molar-refractivity contribution in [2.75, 3.05) is 17.1 Å². The van der Waals surface area contributed by atoms with E-state index < -0.39 is 15.8 Å². The van der Waals surface area contributed by atoms with E-state index in [0.717, 1.165) is 28.7 Å². The maximum absolute atomic E-state index is 13.1. The summed E-state index contributed by atoms with van der Waals surface area (Å²) >= 11 is 3.31. The molecule has 0 aromatic heterocycles. The van der Waals surface area contributed by atoms with Gasteiger partial charge in [0.15, 0.2) is 0 Å². The number of hydrogen-bond donors (Lipinski definition) is 2. The fraction of sp³-hybridized carbons (Fsp3) is 0.0500. The number of carbonyl (C=O) groups is 1. The minimum atomic E-state index is -3.98. The van der Waals surface area contributed by atoms with Crippen molar-refractivity contribution in [1.82, 2.24) is 0 Å². The molecule has 0 heterocycles. The van der Waals surface area contributed by atoms with Crippen molar-refractivity contribution in [1.29, 1.82) is 0 Å². The zero-order valence-electron chi connectivity index (χ0n) is 15.1. The molecule has 150 valence electrons. The lowest BCUT2D eigenvalue weighted by molar-refractivity contribution is 0.102. The Morgan fingerprint density at radius 3 is 2.41 bits per heavy atom. The number of halogens is 2. The van der Waals surface area contributed by atoms with Gasteiger partial charge in [0, 0.05) is 15.7 Å². The van der Waals surface area contributed by atoms with Crippen LogP contribution in [0.3, 0.4) is 0 Å². The highest BCUT2D eigenvalue weighted by molar-refractivity contribution is 9.10. The zero-order valence-corrected chi connectivity index (χ0v) is 17.6. The number of methoxy groups -OCH3 is 1. The van der Waals surface area contributed by atoms with Crippen molar-refractivity contribution in [2.24, 2.45) is 0 Å². The molecule has 0 saturated heterocycles. The molecule has 1 amide bonds. The minimum absolute atomic E-state index is 0.107. The summed E-state index contributed by atoms with van der Waals surface area (Å²) in [6.07, 6.45) is 0. The topological polar surface area (TPSA) is 84.5 Å². The van der Waals surface area contributed by atoms with Gasteiger partial charge in [-0.3, -0.25) is 9.52 Å². The molecular weight excluding hydrogens is 463 g/mol. The van der Waals surface area contributed by atoms with Crippen LogP contribution in [0.2, 0.25) is 0 Å². The molecule has 2 N–H and O–H groups in total. The summed E-state index contributed by atoms with van der Waals surface area (Å²) in [6.45, 7) is 0. The number of nitrogens with one attached hydrogen (secondary N) is 2. The van der Waals surface area contributed by atoms with Crippen LogP contribution in [-0.4, -0.2) is 21.4 Å². The predicted molar refractivity (Wildman–Crippen MR) is 112 cm³/mol. The second kappa shape index (κ2) is 8.62. The van der Waals surface area contributed by atoms with Crippen LogP contribution in [0.5, 0.6) is 5.75 Å². The lowest BCUT2D eigenvalue weighted by atomic mass is 10.2. The molecular formula is C20H16BrFN2O4S. The molecule has 0 unspecified atom stereocenters. The van der Waals surface area contributed by atoms with Crippen LogP contribution in [0.25, 0.3) is 0 Å². The van der Waals surface area contributed by atoms with Crippen LogP contribution in [0.15, 0.2) is 76.1 Å². The first kappa shape index (κ1) is 20.8. The molecule has 6 nitrogen and oxygen atoms in total. The maximum Gasteiger partial charge on any atom is 0.262 e. The first-order valence-electron chi connectivity index (χ1n) is 8.32. The molecule has 0 aliphatic carbocycles. The molecule has 3 aromatic rings. The molecule has 0 saturated carbocycles. The van der Waals surface area contributed by atoms with Crippen molar-refractivity contribution in [2.45, 2.75) is 4.90 Å². The third-order valence-electron chi connectivity index (χ3n) is 3.91. The van der Waals surface area contributed by atoms with E-state index in [1.807, 2.05) is 0 Å². The van der Waals surface area contributed by atoms with Gasteiger partial charge in [0.05, 0.1) is 17.7 Å². The Kier molecular flexibility index (Phi) is 6.19. The SMILES string of the molecule is COc1ccc(NC(=O)c2cccc(Br)c2)cc1NS(=O)(=O)c1ccc(F)cc1. The summed E-state index contributed by atoms with van der Waals surface area (Å²) in [5, 5.41) is 2.71. The van der Waals surface area contributed by atoms with Gasteiger partial charge in [-0.1, -0.05) is 22.0 Å². The molecule has 0 radical (unpaired) electrons. The highest BCUT2D eigenvalue weighted by Crippen LogP contribution is 2.30. The predicted octanol–water partition coefficient (Wildman–Crippen LogP) is 4.65. The number of amides is 1. The smallest absolute Gasteiger partial charge is 0.262 e. The van der Waals surface area contributed by atoms with Crippen molar-refractivity contribution < 1.29 is 22.3 Å². The number of hydrogen-bond acceptors (Lipinski definition) is 4. The van der Waals surface area contributed by atoms with E-state index in [1.165, 1.54) is 19.2 Å². The number of sulfonamides is 1. The van der Waals surface area contributed by atoms with E-state index in [2.05, 4.69) is 26.0 Å². The fourth-order valence-corrected chi connectivity index (χ4v) is 3.98. The lowest BCUT2D eigenvalue weighted by Crippen LogP contribution is -2.15. The minimum Gasteiger partial charge on any atom is -0.495 e. The lowest BCUT2D eigenvalue weighted by Gasteiger charge is -2.14. The molecule has 0 aliphatic heterocycles. The first-order chi connectivity index (χ1) is 13.8. The molecule has 0 fully saturated rings. The van der Waals surface area contributed by atoms with Gasteiger partial charge in [-0.2, -0.15) is 0 Å². The molecule has 0 aliphatic rings. The van der Waals surface area contributed by atoms with E-state index in [0.29, 0.717) is 11.3 Å². The molecule has 0 bridgehead atoms. The number of anilines is 2. The average molecular weight is 479 g/mol. The van der Waals surface area contributed by atoms with Gasteiger partial charge in [0.2, 0.25) is 0 Å². The van der Waals surface area contributed by atoms with Crippen LogP contribution in [0.1, 0.15) is 10.4 Å². The Balaban J connectivity index is 1.87. The van der Waals surface area contributed by atoms with Gasteiger partial charge >= 0.3 is 0 Å². The molecule has 3 rings (SSSR count). The van der Waals surface area contributed by atoms with Crippen LogP contribution in [0, 0.1) is 5.82 Å². The highest BCUT2D eigenvalue weighted by Gasteiger charge is 2.18. The molecule has 3 aromatic carbocycles. The standard InChI is InChI=1S/C20H16BrFN2O4S/c1-28-19-10-7-16(23-20(25)13-3-2-4-14(21)11-13)12-18(19)24-29(26,27)17-8-5-15(22)6-9-17/h2-12,24H,1H3,(H,23,25). The Labute approximate surface area is 175 Å². The van der Waals surface area contributed by atoms with Gasteiger partial charge in [0.25, 0.3) is 15.9 Å². The van der Waals surface area contributed by atoms with E-state index >= 15 is 0 Å². The van der Waals surface area contributed by atoms with Crippen molar-refractivity contribution in [3.63, 3.8) is 0 Å². The van der Waals surface area contributed by atoms with Gasteiger partial charge in [-0.05, 0) is 60.7 Å². The van der Waals surface area contributed by atoms with E-state index in [-0.39, 0.29) is 22.2 Å². The van der Waals surface area contributed by atoms with Crippen LogP contribution in [0.4, 0.5) is 15.8 Å². The largest absolute Gasteiger partial charge is 0.495 e.